The molecule has 0 aliphatic heterocycles. The van der Waals surface area contributed by atoms with E-state index in [1.165, 1.54) is 0 Å². The van der Waals surface area contributed by atoms with Crippen molar-refractivity contribution >= 4 is 0 Å². The number of hydrogen-bond acceptors (Lipinski definition) is 3. The third-order valence-corrected chi connectivity index (χ3v) is 1.74. The zero-order chi connectivity index (χ0) is 9.23. The van der Waals surface area contributed by atoms with Gasteiger partial charge in [0, 0.05) is 20.2 Å². The molecule has 0 amide bonds. The molecule has 0 heterocycles. The van der Waals surface area contributed by atoms with Gasteiger partial charge < -0.3 is 14.8 Å². The molecule has 0 rings (SSSR count). The van der Waals surface area contributed by atoms with Gasteiger partial charge in [0.15, 0.2) is 0 Å². The fraction of sp³-hybridized carbons (Fsp3) is 1.00. The summed E-state index contributed by atoms with van der Waals surface area (Å²) in [6.45, 7) is 7.59. The van der Waals surface area contributed by atoms with Crippen molar-refractivity contribution in [3.63, 3.8) is 0 Å². The molecule has 0 saturated carbocycles. The predicted octanol–water partition coefficient (Wildman–Crippen LogP) is 1.04. The first-order valence-corrected chi connectivity index (χ1v) is 4.62. The molecule has 0 aromatic heterocycles. The van der Waals surface area contributed by atoms with E-state index in [-0.39, 0.29) is 0 Å². The molecule has 0 radical (unpaired) electrons. The fourth-order valence-electron chi connectivity index (χ4n) is 0.749. The molecular weight excluding hydrogens is 154 g/mol. The zero-order valence-electron chi connectivity index (χ0n) is 8.43. The number of ether oxygens (including phenoxy) is 2. The Morgan fingerprint density at radius 1 is 1.25 bits per heavy atom. The van der Waals surface area contributed by atoms with Crippen LogP contribution >= 0.6 is 0 Å². The molecule has 1 unspecified atom stereocenters. The number of rotatable bonds is 8. The molecule has 0 fully saturated rings. The Bertz CT molecular complexity index is 88.6. The van der Waals surface area contributed by atoms with Gasteiger partial charge in [0.25, 0.3) is 0 Å². The largest absolute Gasteiger partial charge is 0.383 e. The smallest absolute Gasteiger partial charge is 0.0594 e. The monoisotopic (exact) mass is 175 g/mol. The molecule has 1 atom stereocenters. The van der Waals surface area contributed by atoms with Crippen LogP contribution in [0.25, 0.3) is 0 Å². The first-order valence-electron chi connectivity index (χ1n) is 4.62. The maximum absolute atomic E-state index is 5.47. The van der Waals surface area contributed by atoms with Gasteiger partial charge in [-0.25, -0.2) is 0 Å². The molecule has 0 aromatic carbocycles. The van der Waals surface area contributed by atoms with Gasteiger partial charge in [0.05, 0.1) is 19.3 Å². The van der Waals surface area contributed by atoms with E-state index in [0.29, 0.717) is 6.10 Å². The van der Waals surface area contributed by atoms with E-state index in [4.69, 9.17) is 9.47 Å². The Morgan fingerprint density at radius 2 is 1.92 bits per heavy atom. The third-order valence-electron chi connectivity index (χ3n) is 1.74. The van der Waals surface area contributed by atoms with Crippen LogP contribution in [0.3, 0.4) is 0 Å². The summed E-state index contributed by atoms with van der Waals surface area (Å²) in [5.74, 6) is 0. The summed E-state index contributed by atoms with van der Waals surface area (Å²) >= 11 is 0. The van der Waals surface area contributed by atoms with Gasteiger partial charge in [-0.2, -0.15) is 0 Å². The van der Waals surface area contributed by atoms with Crippen molar-refractivity contribution in [1.29, 1.82) is 0 Å². The molecule has 12 heavy (non-hydrogen) atoms. The Kier molecular flexibility index (Phi) is 8.88. The molecule has 0 aliphatic carbocycles. The Hall–Kier alpha value is -0.120. The van der Waals surface area contributed by atoms with Crippen LogP contribution in [-0.4, -0.2) is 39.5 Å². The highest BCUT2D eigenvalue weighted by molar-refractivity contribution is 4.48. The number of hydrogen-bond donors (Lipinski definition) is 1. The second-order valence-electron chi connectivity index (χ2n) is 2.83. The van der Waals surface area contributed by atoms with Gasteiger partial charge in [-0.15, -0.1) is 0 Å². The van der Waals surface area contributed by atoms with Crippen LogP contribution in [-0.2, 0) is 9.47 Å². The first kappa shape index (κ1) is 11.9. The maximum Gasteiger partial charge on any atom is 0.0594 e. The number of nitrogens with one attached hydrogen (secondary N) is 1. The van der Waals surface area contributed by atoms with Crippen molar-refractivity contribution in [2.45, 2.75) is 26.4 Å². The highest BCUT2D eigenvalue weighted by Gasteiger charge is 1.96. The van der Waals surface area contributed by atoms with Crippen molar-refractivity contribution in [2.75, 3.05) is 33.4 Å². The third kappa shape index (κ3) is 7.98. The average Bonchev–Trinajstić information content (AvgIpc) is 2.10. The lowest BCUT2D eigenvalue weighted by Gasteiger charge is -2.10. The molecule has 0 aromatic rings. The van der Waals surface area contributed by atoms with E-state index >= 15 is 0 Å². The van der Waals surface area contributed by atoms with Crippen LogP contribution in [0.4, 0.5) is 0 Å². The topological polar surface area (TPSA) is 30.5 Å². The molecule has 74 valence electrons. The van der Waals surface area contributed by atoms with E-state index < -0.39 is 0 Å². The summed E-state index contributed by atoms with van der Waals surface area (Å²) in [7, 11) is 1.71. The van der Waals surface area contributed by atoms with Gasteiger partial charge in [-0.1, -0.05) is 6.92 Å². The van der Waals surface area contributed by atoms with Gasteiger partial charge in [-0.3, -0.25) is 0 Å². The minimum Gasteiger partial charge on any atom is -0.383 e. The summed E-state index contributed by atoms with van der Waals surface area (Å²) in [6.07, 6.45) is 1.46. The summed E-state index contributed by atoms with van der Waals surface area (Å²) in [6, 6.07) is 0. The van der Waals surface area contributed by atoms with E-state index in [0.717, 1.165) is 32.7 Å². The molecule has 0 bridgehead atoms. The zero-order valence-corrected chi connectivity index (χ0v) is 8.43. The van der Waals surface area contributed by atoms with Crippen LogP contribution in [0.15, 0.2) is 0 Å². The van der Waals surface area contributed by atoms with Gasteiger partial charge in [0.2, 0.25) is 0 Å². The molecule has 3 heteroatoms. The molecular formula is C9H21NO2. The highest BCUT2D eigenvalue weighted by Crippen LogP contribution is 1.93. The van der Waals surface area contributed by atoms with Crippen molar-refractivity contribution in [3.05, 3.63) is 0 Å². The van der Waals surface area contributed by atoms with Crippen LogP contribution < -0.4 is 5.32 Å². The second kappa shape index (κ2) is 8.97. The summed E-state index contributed by atoms with van der Waals surface area (Å²) < 4.78 is 10.4. The maximum atomic E-state index is 5.47. The van der Waals surface area contributed by atoms with Crippen LogP contribution in [0.2, 0.25) is 0 Å². The Morgan fingerprint density at radius 3 is 2.50 bits per heavy atom. The Balaban J connectivity index is 2.90. The van der Waals surface area contributed by atoms with E-state index in [1.807, 2.05) is 0 Å². The SMILES string of the molecule is CCC(C)OCCNCCOC. The fourth-order valence-corrected chi connectivity index (χ4v) is 0.749. The molecule has 0 spiro atoms. The summed E-state index contributed by atoms with van der Waals surface area (Å²) in [5.41, 5.74) is 0. The van der Waals surface area contributed by atoms with Crippen molar-refractivity contribution in [3.8, 4) is 0 Å². The van der Waals surface area contributed by atoms with E-state index in [2.05, 4.69) is 19.2 Å². The summed E-state index contributed by atoms with van der Waals surface area (Å²) in [5, 5.41) is 3.22. The summed E-state index contributed by atoms with van der Waals surface area (Å²) in [4.78, 5) is 0. The minimum atomic E-state index is 0.384. The van der Waals surface area contributed by atoms with Crippen molar-refractivity contribution in [1.82, 2.24) is 5.32 Å². The molecule has 0 saturated heterocycles. The van der Waals surface area contributed by atoms with Crippen molar-refractivity contribution < 1.29 is 9.47 Å². The molecule has 1 N–H and O–H groups in total. The standard InChI is InChI=1S/C9H21NO2/c1-4-9(2)12-8-6-10-5-7-11-3/h9-10H,4-8H2,1-3H3. The van der Waals surface area contributed by atoms with E-state index in [1.54, 1.807) is 7.11 Å². The lowest BCUT2D eigenvalue weighted by molar-refractivity contribution is 0.0647. The lowest BCUT2D eigenvalue weighted by atomic mass is 10.3. The van der Waals surface area contributed by atoms with Crippen LogP contribution in [0, 0.1) is 0 Å². The highest BCUT2D eigenvalue weighted by atomic mass is 16.5. The molecule has 0 aliphatic rings. The van der Waals surface area contributed by atoms with E-state index in [9.17, 15) is 0 Å². The van der Waals surface area contributed by atoms with Crippen LogP contribution in [0.1, 0.15) is 20.3 Å². The predicted molar refractivity (Wildman–Crippen MR) is 50.5 cm³/mol. The number of methoxy groups -OCH3 is 1. The Labute approximate surface area is 75.4 Å². The molecule has 3 nitrogen and oxygen atoms in total. The average molecular weight is 175 g/mol. The minimum absolute atomic E-state index is 0.384. The van der Waals surface area contributed by atoms with Gasteiger partial charge >= 0.3 is 0 Å². The van der Waals surface area contributed by atoms with Crippen LogP contribution in [0.5, 0.6) is 0 Å². The quantitative estimate of drug-likeness (QED) is 0.559. The van der Waals surface area contributed by atoms with Gasteiger partial charge in [0.1, 0.15) is 0 Å². The normalized spacial score (nSPS) is 13.2. The first-order chi connectivity index (χ1) is 5.81. The van der Waals surface area contributed by atoms with Crippen molar-refractivity contribution in [2.24, 2.45) is 0 Å². The van der Waals surface area contributed by atoms with Gasteiger partial charge in [-0.05, 0) is 13.3 Å². The lowest BCUT2D eigenvalue weighted by Crippen LogP contribution is -2.25. The second-order valence-corrected chi connectivity index (χ2v) is 2.83.